The third kappa shape index (κ3) is 1.92. The number of hydrogen-bond donors (Lipinski definition) is 1. The second kappa shape index (κ2) is 4.61. The van der Waals surface area contributed by atoms with E-state index >= 15 is 0 Å². The van der Waals surface area contributed by atoms with E-state index in [1.165, 1.54) is 11.1 Å². The lowest BCUT2D eigenvalue weighted by molar-refractivity contribution is 0.321. The van der Waals surface area contributed by atoms with Crippen LogP contribution in [0.5, 0.6) is 0 Å². The van der Waals surface area contributed by atoms with Crippen LogP contribution in [0.25, 0.3) is 11.4 Å². The van der Waals surface area contributed by atoms with Crippen LogP contribution in [0, 0.1) is 0 Å². The molecule has 1 atom stereocenters. The zero-order valence-electron chi connectivity index (χ0n) is 10.7. The van der Waals surface area contributed by atoms with Crippen molar-refractivity contribution in [1.82, 2.24) is 15.5 Å². The van der Waals surface area contributed by atoms with Crippen molar-refractivity contribution in [2.45, 2.75) is 19.0 Å². The molecule has 1 aliphatic heterocycles. The van der Waals surface area contributed by atoms with Crippen LogP contribution in [0.2, 0.25) is 0 Å². The van der Waals surface area contributed by atoms with Crippen LogP contribution in [-0.4, -0.2) is 10.1 Å². The van der Waals surface area contributed by atoms with Crippen LogP contribution >= 0.6 is 0 Å². The smallest absolute Gasteiger partial charge is 0.244 e. The summed E-state index contributed by atoms with van der Waals surface area (Å²) in [5.74, 6) is 1.19. The summed E-state index contributed by atoms with van der Waals surface area (Å²) in [6.45, 7) is 0.824. The fourth-order valence-corrected chi connectivity index (χ4v) is 2.51. The van der Waals surface area contributed by atoms with Crippen molar-refractivity contribution >= 4 is 0 Å². The molecule has 2 aromatic heterocycles. The predicted molar refractivity (Wildman–Crippen MR) is 71.7 cm³/mol. The van der Waals surface area contributed by atoms with Crippen LogP contribution < -0.4 is 5.32 Å². The summed E-state index contributed by atoms with van der Waals surface area (Å²) in [6, 6.07) is 10.3. The number of benzene rings is 1. The van der Waals surface area contributed by atoms with Gasteiger partial charge in [0, 0.05) is 6.54 Å². The molecule has 4 rings (SSSR count). The molecule has 0 amide bonds. The number of rotatable bonds is 2. The average Bonchev–Trinajstić information content (AvgIpc) is 3.17. The molecule has 0 saturated carbocycles. The van der Waals surface area contributed by atoms with Crippen LogP contribution in [0.4, 0.5) is 0 Å². The molecule has 3 heterocycles. The Hall–Kier alpha value is -2.40. The second-order valence-corrected chi connectivity index (χ2v) is 4.87. The molecule has 1 aliphatic rings. The van der Waals surface area contributed by atoms with E-state index in [0.29, 0.717) is 11.7 Å². The molecule has 5 heteroatoms. The maximum Gasteiger partial charge on any atom is 0.244 e. The molecule has 1 N–H and O–H groups in total. The van der Waals surface area contributed by atoms with Crippen LogP contribution in [-0.2, 0) is 13.0 Å². The zero-order chi connectivity index (χ0) is 13.4. The van der Waals surface area contributed by atoms with Gasteiger partial charge in [-0.05, 0) is 23.6 Å². The van der Waals surface area contributed by atoms with E-state index in [1.54, 1.807) is 12.5 Å². The lowest BCUT2D eigenvalue weighted by Crippen LogP contribution is -2.28. The molecule has 0 radical (unpaired) electrons. The van der Waals surface area contributed by atoms with Crippen molar-refractivity contribution in [2.24, 2.45) is 0 Å². The van der Waals surface area contributed by atoms with Gasteiger partial charge in [0.1, 0.15) is 6.26 Å². The normalized spacial score (nSPS) is 17.9. The minimum atomic E-state index is 0.0676. The van der Waals surface area contributed by atoms with Gasteiger partial charge in [-0.2, -0.15) is 4.98 Å². The van der Waals surface area contributed by atoms with Crippen LogP contribution in [0.15, 0.2) is 51.8 Å². The number of fused-ring (bicyclic) bond motifs is 1. The lowest BCUT2D eigenvalue weighted by atomic mass is 9.96. The van der Waals surface area contributed by atoms with E-state index in [1.807, 2.05) is 6.07 Å². The average molecular weight is 267 g/mol. The molecular weight excluding hydrogens is 254 g/mol. The monoisotopic (exact) mass is 267 g/mol. The Labute approximate surface area is 115 Å². The van der Waals surface area contributed by atoms with Gasteiger partial charge >= 0.3 is 0 Å². The molecule has 0 aliphatic carbocycles. The van der Waals surface area contributed by atoms with Crippen molar-refractivity contribution in [3.05, 3.63) is 59.9 Å². The highest BCUT2D eigenvalue weighted by Crippen LogP contribution is 2.26. The van der Waals surface area contributed by atoms with Crippen LogP contribution in [0.3, 0.4) is 0 Å². The Balaban J connectivity index is 1.60. The first kappa shape index (κ1) is 11.4. The Bertz CT molecular complexity index is 718. The van der Waals surface area contributed by atoms with Gasteiger partial charge in [-0.15, -0.1) is 0 Å². The molecule has 20 heavy (non-hydrogen) atoms. The highest BCUT2D eigenvalue weighted by molar-refractivity contribution is 5.51. The van der Waals surface area contributed by atoms with E-state index in [0.717, 1.165) is 18.5 Å². The van der Waals surface area contributed by atoms with Crippen molar-refractivity contribution in [1.29, 1.82) is 0 Å². The van der Waals surface area contributed by atoms with Gasteiger partial charge in [0.15, 0.2) is 0 Å². The van der Waals surface area contributed by atoms with E-state index in [2.05, 4.69) is 39.7 Å². The zero-order valence-corrected chi connectivity index (χ0v) is 10.7. The summed E-state index contributed by atoms with van der Waals surface area (Å²) in [6.07, 6.45) is 4.07. The van der Waals surface area contributed by atoms with E-state index in [-0.39, 0.29) is 6.04 Å². The highest BCUT2D eigenvalue weighted by Gasteiger charge is 2.24. The highest BCUT2D eigenvalue weighted by atomic mass is 16.5. The Kier molecular flexibility index (Phi) is 2.63. The Morgan fingerprint density at radius 1 is 1.15 bits per heavy atom. The second-order valence-electron chi connectivity index (χ2n) is 4.87. The first-order chi connectivity index (χ1) is 9.90. The largest absolute Gasteiger partial charge is 0.472 e. The number of nitrogens with one attached hydrogen (secondary N) is 1. The van der Waals surface area contributed by atoms with Gasteiger partial charge in [0.05, 0.1) is 17.9 Å². The van der Waals surface area contributed by atoms with E-state index in [9.17, 15) is 0 Å². The quantitative estimate of drug-likeness (QED) is 0.773. The number of aromatic nitrogens is 2. The SMILES string of the molecule is c1ccc2c(c1)CN[C@@H](c1nc(-c3ccoc3)no1)C2. The number of nitrogens with zero attached hydrogens (tertiary/aromatic N) is 2. The topological polar surface area (TPSA) is 64.1 Å². The molecule has 100 valence electrons. The molecule has 0 saturated heterocycles. The third-order valence-electron chi connectivity index (χ3n) is 3.60. The molecule has 3 aromatic rings. The summed E-state index contributed by atoms with van der Waals surface area (Å²) in [5, 5.41) is 7.43. The molecule has 0 spiro atoms. The molecule has 1 aromatic carbocycles. The summed E-state index contributed by atoms with van der Waals surface area (Å²) in [7, 11) is 0. The third-order valence-corrected chi connectivity index (χ3v) is 3.60. The maximum absolute atomic E-state index is 5.38. The van der Waals surface area contributed by atoms with Crippen molar-refractivity contribution in [3.8, 4) is 11.4 Å². The van der Waals surface area contributed by atoms with E-state index < -0.39 is 0 Å². The van der Waals surface area contributed by atoms with Gasteiger partial charge in [-0.25, -0.2) is 0 Å². The molecule has 0 fully saturated rings. The Morgan fingerprint density at radius 3 is 2.90 bits per heavy atom. The standard InChI is InChI=1S/C15H13N3O2/c1-2-4-11-8-16-13(7-10(11)3-1)15-17-14(18-20-15)12-5-6-19-9-12/h1-6,9,13,16H,7-8H2/t13-/m1/s1. The molecular formula is C15H13N3O2. The molecule has 0 unspecified atom stereocenters. The number of hydrogen-bond acceptors (Lipinski definition) is 5. The van der Waals surface area contributed by atoms with Crippen molar-refractivity contribution in [2.75, 3.05) is 0 Å². The Morgan fingerprint density at radius 2 is 2.05 bits per heavy atom. The number of furan rings is 1. The minimum Gasteiger partial charge on any atom is -0.472 e. The first-order valence-electron chi connectivity index (χ1n) is 6.56. The molecule has 0 bridgehead atoms. The first-order valence-corrected chi connectivity index (χ1v) is 6.56. The van der Waals surface area contributed by atoms with Crippen molar-refractivity contribution in [3.63, 3.8) is 0 Å². The predicted octanol–water partition coefficient (Wildman–Crippen LogP) is 2.72. The fourth-order valence-electron chi connectivity index (χ4n) is 2.51. The molecule has 5 nitrogen and oxygen atoms in total. The van der Waals surface area contributed by atoms with Crippen molar-refractivity contribution < 1.29 is 8.94 Å². The maximum atomic E-state index is 5.38. The van der Waals surface area contributed by atoms with Gasteiger partial charge < -0.3 is 14.3 Å². The van der Waals surface area contributed by atoms with Gasteiger partial charge in [0.2, 0.25) is 11.7 Å². The summed E-state index contributed by atoms with van der Waals surface area (Å²) < 4.78 is 10.4. The lowest BCUT2D eigenvalue weighted by Gasteiger charge is -2.23. The van der Waals surface area contributed by atoms with Gasteiger partial charge in [-0.1, -0.05) is 29.4 Å². The van der Waals surface area contributed by atoms with E-state index in [4.69, 9.17) is 8.94 Å². The van der Waals surface area contributed by atoms with Crippen LogP contribution in [0.1, 0.15) is 23.1 Å². The summed E-state index contributed by atoms with van der Waals surface area (Å²) in [4.78, 5) is 4.45. The summed E-state index contributed by atoms with van der Waals surface area (Å²) >= 11 is 0. The fraction of sp³-hybridized carbons (Fsp3) is 0.200. The van der Waals surface area contributed by atoms with Gasteiger partial charge in [-0.3, -0.25) is 0 Å². The summed E-state index contributed by atoms with van der Waals surface area (Å²) in [5.41, 5.74) is 3.49. The van der Waals surface area contributed by atoms with Gasteiger partial charge in [0.25, 0.3) is 0 Å². The minimum absolute atomic E-state index is 0.0676.